The maximum Gasteiger partial charge on any atom is 0.151 e. The number of carbonyl (C=O) groups is 1. The van der Waals surface area contributed by atoms with Crippen molar-refractivity contribution in [3.8, 4) is 0 Å². The van der Waals surface area contributed by atoms with Crippen LogP contribution >= 0.6 is 0 Å². The molecule has 0 aromatic carbocycles. The van der Waals surface area contributed by atoms with Gasteiger partial charge in [0.1, 0.15) is 5.82 Å². The van der Waals surface area contributed by atoms with Crippen LogP contribution in [-0.2, 0) is 0 Å². The highest BCUT2D eigenvalue weighted by Gasteiger charge is 2.29. The first-order chi connectivity index (χ1) is 9.78. The molecule has 4 nitrogen and oxygen atoms in total. The Bertz CT molecular complexity index is 483. The average Bonchev–Trinajstić information content (AvgIpc) is 2.97. The normalized spacial score (nSPS) is 24.1. The molecule has 1 unspecified atom stereocenters. The van der Waals surface area contributed by atoms with Crippen molar-refractivity contribution in [2.45, 2.75) is 38.6 Å². The number of anilines is 1. The quantitative estimate of drug-likeness (QED) is 0.792. The van der Waals surface area contributed by atoms with Crippen LogP contribution in [0.1, 0.15) is 41.6 Å². The Morgan fingerprint density at radius 1 is 1.25 bits per heavy atom. The lowest BCUT2D eigenvalue weighted by molar-refractivity contribution is 0.112. The van der Waals surface area contributed by atoms with Crippen LogP contribution in [0.2, 0.25) is 0 Å². The first-order valence-corrected chi connectivity index (χ1v) is 7.69. The minimum Gasteiger partial charge on any atom is -0.355 e. The van der Waals surface area contributed by atoms with Crippen molar-refractivity contribution in [3.05, 3.63) is 23.4 Å². The fourth-order valence-corrected chi connectivity index (χ4v) is 3.50. The van der Waals surface area contributed by atoms with E-state index in [0.29, 0.717) is 11.6 Å². The van der Waals surface area contributed by atoms with Crippen LogP contribution in [0.3, 0.4) is 0 Å². The van der Waals surface area contributed by atoms with Crippen LogP contribution in [0.15, 0.2) is 12.3 Å². The number of hydrogen-bond acceptors (Lipinski definition) is 4. The number of nitrogens with zero attached hydrogens (tertiary/aromatic N) is 3. The van der Waals surface area contributed by atoms with Gasteiger partial charge in [-0.2, -0.15) is 0 Å². The Morgan fingerprint density at radius 3 is 2.75 bits per heavy atom. The first-order valence-electron chi connectivity index (χ1n) is 7.69. The summed E-state index contributed by atoms with van der Waals surface area (Å²) in [5.41, 5.74) is 1.77. The summed E-state index contributed by atoms with van der Waals surface area (Å²) in [6, 6.07) is 2.62. The van der Waals surface area contributed by atoms with Crippen molar-refractivity contribution in [2.24, 2.45) is 0 Å². The molecule has 3 heterocycles. The molecule has 0 saturated carbocycles. The van der Waals surface area contributed by atoms with Gasteiger partial charge in [-0.15, -0.1) is 0 Å². The highest BCUT2D eigenvalue weighted by atomic mass is 16.1. The second-order valence-corrected chi connectivity index (χ2v) is 6.01. The van der Waals surface area contributed by atoms with Crippen LogP contribution in [0, 0.1) is 6.92 Å². The van der Waals surface area contributed by atoms with Crippen LogP contribution < -0.4 is 4.90 Å². The van der Waals surface area contributed by atoms with Crippen LogP contribution in [0.5, 0.6) is 0 Å². The summed E-state index contributed by atoms with van der Waals surface area (Å²) in [5, 5.41) is 0. The van der Waals surface area contributed by atoms with E-state index >= 15 is 0 Å². The molecule has 2 aliphatic rings. The van der Waals surface area contributed by atoms with E-state index in [4.69, 9.17) is 0 Å². The zero-order valence-electron chi connectivity index (χ0n) is 12.2. The van der Waals surface area contributed by atoms with Crippen molar-refractivity contribution >= 4 is 12.1 Å². The highest BCUT2D eigenvalue weighted by Crippen LogP contribution is 2.26. The van der Waals surface area contributed by atoms with E-state index in [-0.39, 0.29) is 0 Å². The Kier molecular flexibility index (Phi) is 4.01. The molecular weight excluding hydrogens is 250 g/mol. The van der Waals surface area contributed by atoms with Crippen LogP contribution in [-0.4, -0.2) is 48.4 Å². The molecule has 1 aromatic rings. The number of rotatable bonds is 3. The van der Waals surface area contributed by atoms with E-state index in [1.807, 2.05) is 13.0 Å². The lowest BCUT2D eigenvalue weighted by atomic mass is 10.1. The molecule has 108 valence electrons. The Hall–Kier alpha value is -1.42. The molecule has 2 saturated heterocycles. The third-order valence-electron chi connectivity index (χ3n) is 4.58. The van der Waals surface area contributed by atoms with E-state index in [1.54, 1.807) is 6.20 Å². The largest absolute Gasteiger partial charge is 0.355 e. The molecule has 0 N–H and O–H groups in total. The molecule has 0 radical (unpaired) electrons. The molecule has 2 fully saturated rings. The summed E-state index contributed by atoms with van der Waals surface area (Å²) in [4.78, 5) is 20.3. The van der Waals surface area contributed by atoms with Crippen LogP contribution in [0.25, 0.3) is 0 Å². The van der Waals surface area contributed by atoms with Gasteiger partial charge in [0.2, 0.25) is 0 Å². The molecule has 1 aromatic heterocycles. The van der Waals surface area contributed by atoms with Crippen molar-refractivity contribution in [2.75, 3.05) is 31.1 Å². The number of aromatic nitrogens is 1. The van der Waals surface area contributed by atoms with E-state index < -0.39 is 0 Å². The fourth-order valence-electron chi connectivity index (χ4n) is 3.50. The van der Waals surface area contributed by atoms with Crippen LogP contribution in [0.4, 0.5) is 5.82 Å². The number of likely N-dealkylation sites (tertiary alicyclic amines) is 1. The predicted octanol–water partition coefficient (Wildman–Crippen LogP) is 2.27. The summed E-state index contributed by atoms with van der Waals surface area (Å²) in [6.45, 7) is 6.72. The minimum atomic E-state index is 0.665. The topological polar surface area (TPSA) is 36.4 Å². The van der Waals surface area contributed by atoms with Gasteiger partial charge in [-0.25, -0.2) is 4.98 Å². The van der Waals surface area contributed by atoms with Gasteiger partial charge in [-0.1, -0.05) is 6.42 Å². The van der Waals surface area contributed by atoms with Gasteiger partial charge in [0.25, 0.3) is 0 Å². The van der Waals surface area contributed by atoms with Gasteiger partial charge in [0.15, 0.2) is 6.29 Å². The van der Waals surface area contributed by atoms with Gasteiger partial charge >= 0.3 is 0 Å². The first kappa shape index (κ1) is 13.6. The minimum absolute atomic E-state index is 0.665. The molecule has 3 rings (SSSR count). The Labute approximate surface area is 120 Å². The van der Waals surface area contributed by atoms with Crippen molar-refractivity contribution in [1.29, 1.82) is 0 Å². The monoisotopic (exact) mass is 273 g/mol. The van der Waals surface area contributed by atoms with Gasteiger partial charge in [0.05, 0.1) is 0 Å². The molecule has 0 spiro atoms. The predicted molar refractivity (Wildman–Crippen MR) is 80.4 cm³/mol. The summed E-state index contributed by atoms with van der Waals surface area (Å²) in [5.74, 6) is 1.05. The average molecular weight is 273 g/mol. The number of hydrogen-bond donors (Lipinski definition) is 0. The maximum atomic E-state index is 10.8. The van der Waals surface area contributed by atoms with Gasteiger partial charge in [0, 0.05) is 30.9 Å². The molecular formula is C16H23N3O. The van der Waals surface area contributed by atoms with Crippen molar-refractivity contribution in [3.63, 3.8) is 0 Å². The number of piperidine rings is 1. The van der Waals surface area contributed by atoms with Crippen molar-refractivity contribution in [1.82, 2.24) is 9.88 Å². The maximum absolute atomic E-state index is 10.8. The third kappa shape index (κ3) is 2.70. The molecule has 20 heavy (non-hydrogen) atoms. The summed E-state index contributed by atoms with van der Waals surface area (Å²) >= 11 is 0. The number of pyridine rings is 1. The molecule has 2 aliphatic heterocycles. The third-order valence-corrected chi connectivity index (χ3v) is 4.58. The standard InChI is InChI=1S/C16H23N3O/c1-13-9-14(12-20)10-17-16(13)19-8-5-15(11-19)18-6-3-2-4-7-18/h9-10,12,15H,2-8,11H2,1H3. The van der Waals surface area contributed by atoms with E-state index in [9.17, 15) is 4.79 Å². The zero-order chi connectivity index (χ0) is 13.9. The molecule has 4 heteroatoms. The smallest absolute Gasteiger partial charge is 0.151 e. The molecule has 0 aliphatic carbocycles. The van der Waals surface area contributed by atoms with Gasteiger partial charge < -0.3 is 4.90 Å². The summed E-state index contributed by atoms with van der Waals surface area (Å²) < 4.78 is 0. The Balaban J connectivity index is 1.68. The van der Waals surface area contributed by atoms with Crippen molar-refractivity contribution < 1.29 is 4.79 Å². The zero-order valence-corrected chi connectivity index (χ0v) is 12.2. The second-order valence-electron chi connectivity index (χ2n) is 6.01. The van der Waals surface area contributed by atoms with E-state index in [2.05, 4.69) is 14.8 Å². The summed E-state index contributed by atoms with van der Waals surface area (Å²) in [7, 11) is 0. The number of aryl methyl sites for hydroxylation is 1. The second kappa shape index (κ2) is 5.92. The summed E-state index contributed by atoms with van der Waals surface area (Å²) in [6.07, 6.45) is 7.87. The number of aldehydes is 1. The van der Waals surface area contributed by atoms with E-state index in [1.165, 1.54) is 38.8 Å². The lowest BCUT2D eigenvalue weighted by Gasteiger charge is -2.32. The molecule has 0 amide bonds. The lowest BCUT2D eigenvalue weighted by Crippen LogP contribution is -2.41. The SMILES string of the molecule is Cc1cc(C=O)cnc1N1CCC(N2CCCCC2)C1. The highest BCUT2D eigenvalue weighted by molar-refractivity contribution is 5.75. The fraction of sp³-hybridized carbons (Fsp3) is 0.625. The molecule has 0 bridgehead atoms. The molecule has 1 atom stereocenters. The number of carbonyl (C=O) groups excluding carboxylic acids is 1. The van der Waals surface area contributed by atoms with Gasteiger partial charge in [-0.05, 0) is 50.9 Å². The Morgan fingerprint density at radius 2 is 2.05 bits per heavy atom. The van der Waals surface area contributed by atoms with Gasteiger partial charge in [-0.3, -0.25) is 9.69 Å². The van der Waals surface area contributed by atoms with E-state index in [0.717, 1.165) is 30.8 Å².